The molecule has 1 rings (SSSR count). The van der Waals surface area contributed by atoms with Crippen molar-refractivity contribution in [2.24, 2.45) is 0 Å². The molecule has 0 aliphatic carbocycles. The summed E-state index contributed by atoms with van der Waals surface area (Å²) in [5.41, 5.74) is 0. The average Bonchev–Trinajstić information content (AvgIpc) is 2.23. The van der Waals surface area contributed by atoms with Crippen LogP contribution in [0.25, 0.3) is 0 Å². The van der Waals surface area contributed by atoms with Crippen molar-refractivity contribution in [3.05, 3.63) is 0 Å². The molecule has 6 heteroatoms. The number of carbonyl (C=O) groups is 1. The number of hydrogen-bond donors (Lipinski definition) is 1. The molecule has 0 aromatic rings. The molecule has 0 aromatic carbocycles. The molecule has 0 spiro atoms. The van der Waals surface area contributed by atoms with Crippen LogP contribution in [0.1, 0.15) is 32.1 Å². The number of halogens is 1. The second-order valence-corrected chi connectivity index (χ2v) is 7.13. The Morgan fingerprint density at radius 2 is 2.06 bits per heavy atom. The van der Waals surface area contributed by atoms with Crippen molar-refractivity contribution in [1.29, 1.82) is 0 Å². The molecule has 0 radical (unpaired) electrons. The van der Waals surface area contributed by atoms with E-state index in [1.165, 1.54) is 0 Å². The molecule has 1 fully saturated rings. The predicted octanol–water partition coefficient (Wildman–Crippen LogP) is 1.24. The highest BCUT2D eigenvalue weighted by atomic mass is 79.9. The maximum Gasteiger partial charge on any atom is 0.238 e. The van der Waals surface area contributed by atoms with Gasteiger partial charge < -0.3 is 5.32 Å². The van der Waals surface area contributed by atoms with Crippen LogP contribution in [0.2, 0.25) is 0 Å². The Kier molecular flexibility index (Phi) is 5.75. The Labute approximate surface area is 105 Å². The molecular formula is C10H18BrNO3S. The number of rotatable bonds is 5. The zero-order valence-corrected chi connectivity index (χ0v) is 11.6. The molecule has 0 bridgehead atoms. The fourth-order valence-electron chi connectivity index (χ4n) is 1.79. The first kappa shape index (κ1) is 14.0. The summed E-state index contributed by atoms with van der Waals surface area (Å²) in [5.74, 6) is -0.152. The Balaban J connectivity index is 2.40. The van der Waals surface area contributed by atoms with Gasteiger partial charge >= 0.3 is 0 Å². The van der Waals surface area contributed by atoms with Crippen LogP contribution < -0.4 is 5.32 Å². The van der Waals surface area contributed by atoms with Crippen LogP contribution in [-0.2, 0) is 14.6 Å². The molecular weight excluding hydrogens is 294 g/mol. The fraction of sp³-hybridized carbons (Fsp3) is 0.900. The smallest absolute Gasteiger partial charge is 0.238 e. The van der Waals surface area contributed by atoms with Crippen LogP contribution in [0.15, 0.2) is 0 Å². The van der Waals surface area contributed by atoms with Crippen LogP contribution in [-0.4, -0.2) is 37.2 Å². The number of sulfone groups is 1. The third kappa shape index (κ3) is 4.05. The predicted molar refractivity (Wildman–Crippen MR) is 67.5 cm³/mol. The molecule has 94 valence electrons. The van der Waals surface area contributed by atoms with Crippen molar-refractivity contribution in [2.45, 2.75) is 37.4 Å². The maximum atomic E-state index is 11.7. The number of unbranched alkanes of at least 4 members (excludes halogenated alkanes) is 1. The summed E-state index contributed by atoms with van der Waals surface area (Å²) in [6.07, 6.45) is 3.86. The normalized spacial score (nSPS) is 23.9. The van der Waals surface area contributed by atoms with Gasteiger partial charge in [-0.2, -0.15) is 0 Å². The first-order valence-corrected chi connectivity index (χ1v) is 8.47. The van der Waals surface area contributed by atoms with Gasteiger partial charge in [0, 0.05) is 11.9 Å². The number of nitrogens with one attached hydrogen (secondary N) is 1. The van der Waals surface area contributed by atoms with Gasteiger partial charge in [-0.15, -0.1) is 0 Å². The lowest BCUT2D eigenvalue weighted by Gasteiger charge is -2.21. The van der Waals surface area contributed by atoms with Gasteiger partial charge in [0.2, 0.25) is 5.91 Å². The second kappa shape index (κ2) is 6.59. The van der Waals surface area contributed by atoms with E-state index in [2.05, 4.69) is 21.2 Å². The zero-order valence-electron chi connectivity index (χ0n) is 9.25. The molecule has 1 aliphatic heterocycles. The molecule has 1 unspecified atom stereocenters. The van der Waals surface area contributed by atoms with Gasteiger partial charge in [0.1, 0.15) is 5.25 Å². The number of alkyl halides is 1. The highest BCUT2D eigenvalue weighted by Gasteiger charge is 2.34. The summed E-state index contributed by atoms with van der Waals surface area (Å²) in [7, 11) is -3.19. The van der Waals surface area contributed by atoms with Crippen molar-refractivity contribution < 1.29 is 13.2 Å². The third-order valence-corrected chi connectivity index (χ3v) is 5.47. The Hall–Kier alpha value is -0.100. The van der Waals surface area contributed by atoms with E-state index in [-0.39, 0.29) is 11.7 Å². The summed E-state index contributed by atoms with van der Waals surface area (Å²) in [5, 5.41) is 2.81. The van der Waals surface area contributed by atoms with Gasteiger partial charge in [-0.3, -0.25) is 4.79 Å². The second-order valence-electron chi connectivity index (χ2n) is 4.04. The topological polar surface area (TPSA) is 63.2 Å². The minimum Gasteiger partial charge on any atom is -0.355 e. The molecule has 1 atom stereocenters. The molecule has 1 N–H and O–H groups in total. The van der Waals surface area contributed by atoms with Gasteiger partial charge in [0.05, 0.1) is 5.75 Å². The summed E-state index contributed by atoms with van der Waals surface area (Å²) < 4.78 is 23.3. The highest BCUT2D eigenvalue weighted by molar-refractivity contribution is 9.09. The number of carbonyl (C=O) groups excluding carboxylic acids is 1. The molecule has 4 nitrogen and oxygen atoms in total. The minimum atomic E-state index is -3.19. The van der Waals surface area contributed by atoms with E-state index in [1.54, 1.807) is 0 Å². The van der Waals surface area contributed by atoms with Gasteiger partial charge in [0.15, 0.2) is 9.84 Å². The molecule has 1 saturated heterocycles. The van der Waals surface area contributed by atoms with Crippen LogP contribution in [0.5, 0.6) is 0 Å². The average molecular weight is 312 g/mol. The minimum absolute atomic E-state index is 0.159. The van der Waals surface area contributed by atoms with E-state index in [4.69, 9.17) is 0 Å². The van der Waals surface area contributed by atoms with E-state index in [0.29, 0.717) is 19.4 Å². The van der Waals surface area contributed by atoms with E-state index >= 15 is 0 Å². The van der Waals surface area contributed by atoms with E-state index in [1.807, 2.05) is 0 Å². The zero-order chi connectivity index (χ0) is 12.0. The van der Waals surface area contributed by atoms with Crippen molar-refractivity contribution in [3.63, 3.8) is 0 Å². The van der Waals surface area contributed by atoms with Crippen LogP contribution in [0.4, 0.5) is 0 Å². The molecule has 1 amide bonds. The monoisotopic (exact) mass is 311 g/mol. The standard InChI is InChI=1S/C10H18BrNO3S/c11-6-2-3-7-12-10(13)9-5-1-4-8-16(9,14)15/h9H,1-8H2,(H,12,13). The van der Waals surface area contributed by atoms with Crippen LogP contribution in [0.3, 0.4) is 0 Å². The van der Waals surface area contributed by atoms with E-state index < -0.39 is 15.1 Å². The molecule has 16 heavy (non-hydrogen) atoms. The molecule has 0 saturated carbocycles. The molecule has 0 aromatic heterocycles. The number of hydrogen-bond acceptors (Lipinski definition) is 3. The van der Waals surface area contributed by atoms with Crippen LogP contribution >= 0.6 is 15.9 Å². The Morgan fingerprint density at radius 1 is 1.31 bits per heavy atom. The lowest BCUT2D eigenvalue weighted by Crippen LogP contribution is -2.43. The first-order chi connectivity index (χ1) is 7.58. The maximum absolute atomic E-state index is 11.7. The van der Waals surface area contributed by atoms with Crippen molar-refractivity contribution >= 4 is 31.7 Å². The summed E-state index contributed by atoms with van der Waals surface area (Å²) in [6.45, 7) is 0.566. The lowest BCUT2D eigenvalue weighted by molar-refractivity contribution is -0.120. The van der Waals surface area contributed by atoms with Crippen molar-refractivity contribution in [1.82, 2.24) is 5.32 Å². The van der Waals surface area contributed by atoms with E-state index in [0.717, 1.165) is 24.6 Å². The third-order valence-electron chi connectivity index (χ3n) is 2.73. The highest BCUT2D eigenvalue weighted by Crippen LogP contribution is 2.19. The Bertz CT molecular complexity index is 329. The fourth-order valence-corrected chi connectivity index (χ4v) is 4.02. The summed E-state index contributed by atoms with van der Waals surface area (Å²) in [4.78, 5) is 11.7. The first-order valence-electron chi connectivity index (χ1n) is 5.63. The van der Waals surface area contributed by atoms with Gasteiger partial charge in [-0.05, 0) is 25.7 Å². The summed E-state index contributed by atoms with van der Waals surface area (Å²) >= 11 is 3.30. The van der Waals surface area contributed by atoms with Gasteiger partial charge in [0.25, 0.3) is 0 Å². The van der Waals surface area contributed by atoms with Gasteiger partial charge in [-0.1, -0.05) is 22.4 Å². The number of amides is 1. The van der Waals surface area contributed by atoms with Crippen LogP contribution in [0, 0.1) is 0 Å². The van der Waals surface area contributed by atoms with Crippen molar-refractivity contribution in [3.8, 4) is 0 Å². The SMILES string of the molecule is O=C(NCCCCBr)C1CCCCS1(=O)=O. The quantitative estimate of drug-likeness (QED) is 0.614. The Morgan fingerprint density at radius 3 is 2.69 bits per heavy atom. The van der Waals surface area contributed by atoms with Gasteiger partial charge in [-0.25, -0.2) is 8.42 Å². The lowest BCUT2D eigenvalue weighted by atomic mass is 10.2. The van der Waals surface area contributed by atoms with E-state index in [9.17, 15) is 13.2 Å². The van der Waals surface area contributed by atoms with Crippen molar-refractivity contribution in [2.75, 3.05) is 17.6 Å². The molecule has 1 aliphatic rings. The summed E-state index contributed by atoms with van der Waals surface area (Å²) in [6, 6.07) is 0. The molecule has 1 heterocycles. The largest absolute Gasteiger partial charge is 0.355 e.